The number of aromatic nitrogens is 3. The minimum absolute atomic E-state index is 0.0251. The van der Waals surface area contributed by atoms with Crippen molar-refractivity contribution in [3.63, 3.8) is 0 Å². The molecule has 4 rings (SSSR count). The highest BCUT2D eigenvalue weighted by atomic mass is 32.1. The molecule has 7 nitrogen and oxygen atoms in total. The summed E-state index contributed by atoms with van der Waals surface area (Å²) in [5, 5.41) is 9.05. The van der Waals surface area contributed by atoms with Crippen LogP contribution in [0.3, 0.4) is 0 Å². The highest BCUT2D eigenvalue weighted by Crippen LogP contribution is 2.35. The number of morpholine rings is 1. The molecular formula is C16H19N5O2S. The molecule has 126 valence electrons. The summed E-state index contributed by atoms with van der Waals surface area (Å²) < 4.78 is 9.82. The Balaban J connectivity index is 1.42. The van der Waals surface area contributed by atoms with Gasteiger partial charge in [-0.1, -0.05) is 4.49 Å². The number of hydrogen-bond donors (Lipinski definition) is 1. The van der Waals surface area contributed by atoms with E-state index in [0.29, 0.717) is 24.8 Å². The molecule has 0 unspecified atom stereocenters. The molecule has 2 fully saturated rings. The van der Waals surface area contributed by atoms with E-state index in [1.165, 1.54) is 11.5 Å². The zero-order valence-corrected chi connectivity index (χ0v) is 14.0. The van der Waals surface area contributed by atoms with Gasteiger partial charge in [-0.15, -0.1) is 5.10 Å². The second kappa shape index (κ2) is 6.82. The van der Waals surface area contributed by atoms with Crippen molar-refractivity contribution in [2.45, 2.75) is 25.0 Å². The molecule has 2 aliphatic rings. The summed E-state index contributed by atoms with van der Waals surface area (Å²) in [6, 6.07) is 4.06. The van der Waals surface area contributed by atoms with Gasteiger partial charge in [0.25, 0.3) is 5.91 Å². The Morgan fingerprint density at radius 2 is 2.42 bits per heavy atom. The molecule has 0 aromatic carbocycles. The third kappa shape index (κ3) is 2.99. The average molecular weight is 345 g/mol. The molecule has 3 heterocycles. The summed E-state index contributed by atoms with van der Waals surface area (Å²) in [6.07, 6.45) is 5.67. The molecule has 1 aliphatic heterocycles. The molecule has 0 bridgehead atoms. The first kappa shape index (κ1) is 15.5. The highest BCUT2D eigenvalue weighted by molar-refractivity contribution is 7.03. The van der Waals surface area contributed by atoms with Gasteiger partial charge < -0.3 is 15.0 Å². The van der Waals surface area contributed by atoms with Crippen LogP contribution in [0.5, 0.6) is 0 Å². The largest absolute Gasteiger partial charge is 0.383 e. The summed E-state index contributed by atoms with van der Waals surface area (Å²) in [6.45, 7) is 2.03. The quantitative estimate of drug-likeness (QED) is 0.908. The topological polar surface area (TPSA) is 80.2 Å². The van der Waals surface area contributed by atoms with Crippen LogP contribution in [0.15, 0.2) is 29.9 Å². The summed E-state index contributed by atoms with van der Waals surface area (Å²) in [4.78, 5) is 18.7. The van der Waals surface area contributed by atoms with Gasteiger partial charge in [-0.3, -0.25) is 9.78 Å². The molecule has 3 atom stereocenters. The third-order valence-corrected chi connectivity index (χ3v) is 5.29. The lowest BCUT2D eigenvalue weighted by atomic mass is 10.0. The summed E-state index contributed by atoms with van der Waals surface area (Å²) in [5.74, 6) is 0.363. The van der Waals surface area contributed by atoms with Crippen molar-refractivity contribution in [2.75, 3.05) is 25.0 Å². The Bertz CT molecular complexity index is 681. The van der Waals surface area contributed by atoms with Crippen LogP contribution >= 0.6 is 11.5 Å². The zero-order valence-electron chi connectivity index (χ0n) is 13.2. The number of fused-ring (bicyclic) bond motifs is 1. The number of anilines is 1. The van der Waals surface area contributed by atoms with Crippen LogP contribution in [0.25, 0.3) is 0 Å². The Hall–Kier alpha value is -2.06. The normalized spacial score (nSPS) is 26.2. The molecule has 0 radical (unpaired) electrons. The number of carbonyl (C=O) groups excluding carboxylic acids is 1. The fraction of sp³-hybridized carbons (Fsp3) is 0.500. The zero-order chi connectivity index (χ0) is 16.4. The van der Waals surface area contributed by atoms with E-state index < -0.39 is 0 Å². The molecule has 1 saturated carbocycles. The van der Waals surface area contributed by atoms with Crippen molar-refractivity contribution in [2.24, 2.45) is 5.92 Å². The molecule has 1 N–H and O–H groups in total. The number of rotatable bonds is 4. The van der Waals surface area contributed by atoms with E-state index in [4.69, 9.17) is 4.74 Å². The molecule has 1 amide bonds. The summed E-state index contributed by atoms with van der Waals surface area (Å²) in [5.41, 5.74) is 1.45. The number of nitrogens with zero attached hydrogens (tertiary/aromatic N) is 4. The lowest BCUT2D eigenvalue weighted by molar-refractivity contribution is -0.0603. The monoisotopic (exact) mass is 345 g/mol. The SMILES string of the molecule is O=C(c1csnn1)N1CCO[C@@H]2[C@H](CNc3cccnc3)CC[C@@H]21. The standard InChI is InChI=1S/C16H19N5O2S/c22-16(13-10-24-20-19-13)21-6-7-23-15-11(3-4-14(15)21)8-18-12-2-1-5-17-9-12/h1-2,5,9-11,14-15,18H,3-4,6-8H2/t11-,14-,15+/m0/s1. The van der Waals surface area contributed by atoms with E-state index in [1.54, 1.807) is 11.6 Å². The van der Waals surface area contributed by atoms with Crippen LogP contribution in [0.1, 0.15) is 23.3 Å². The second-order valence-electron chi connectivity index (χ2n) is 6.15. The maximum absolute atomic E-state index is 12.6. The minimum atomic E-state index is -0.0251. The maximum atomic E-state index is 12.6. The molecular weight excluding hydrogens is 326 g/mol. The van der Waals surface area contributed by atoms with E-state index in [-0.39, 0.29) is 18.1 Å². The minimum Gasteiger partial charge on any atom is -0.383 e. The van der Waals surface area contributed by atoms with Crippen molar-refractivity contribution in [3.05, 3.63) is 35.6 Å². The van der Waals surface area contributed by atoms with Gasteiger partial charge in [-0.05, 0) is 36.5 Å². The molecule has 2 aromatic heterocycles. The van der Waals surface area contributed by atoms with Crippen molar-refractivity contribution < 1.29 is 9.53 Å². The number of hydrogen-bond acceptors (Lipinski definition) is 7. The predicted octanol–water partition coefficient (Wildman–Crippen LogP) is 1.66. The van der Waals surface area contributed by atoms with Crippen LogP contribution in [-0.2, 0) is 4.74 Å². The van der Waals surface area contributed by atoms with Gasteiger partial charge in [-0.25, -0.2) is 0 Å². The van der Waals surface area contributed by atoms with E-state index in [1.807, 2.05) is 23.2 Å². The first-order valence-electron chi connectivity index (χ1n) is 8.16. The van der Waals surface area contributed by atoms with Gasteiger partial charge in [-0.2, -0.15) is 0 Å². The number of amides is 1. The molecule has 0 spiro atoms. The smallest absolute Gasteiger partial charge is 0.275 e. The molecule has 1 aliphatic carbocycles. The Morgan fingerprint density at radius 1 is 1.46 bits per heavy atom. The van der Waals surface area contributed by atoms with Crippen LogP contribution < -0.4 is 5.32 Å². The average Bonchev–Trinajstić information content (AvgIpc) is 3.30. The van der Waals surface area contributed by atoms with Gasteiger partial charge in [0.05, 0.1) is 24.4 Å². The highest BCUT2D eigenvalue weighted by Gasteiger charge is 2.44. The van der Waals surface area contributed by atoms with Crippen LogP contribution in [-0.4, -0.2) is 57.2 Å². The van der Waals surface area contributed by atoms with E-state index in [0.717, 1.165) is 25.1 Å². The van der Waals surface area contributed by atoms with Crippen LogP contribution in [0.4, 0.5) is 5.69 Å². The number of ether oxygens (including phenoxy) is 1. The van der Waals surface area contributed by atoms with Gasteiger partial charge in [0.2, 0.25) is 0 Å². The lowest BCUT2D eigenvalue weighted by Gasteiger charge is -2.39. The van der Waals surface area contributed by atoms with Crippen molar-refractivity contribution >= 4 is 23.1 Å². The Labute approximate surface area is 144 Å². The second-order valence-corrected chi connectivity index (χ2v) is 6.76. The number of nitrogens with one attached hydrogen (secondary N) is 1. The van der Waals surface area contributed by atoms with Crippen molar-refractivity contribution in [1.29, 1.82) is 0 Å². The maximum Gasteiger partial charge on any atom is 0.275 e. The first-order chi connectivity index (χ1) is 11.8. The van der Waals surface area contributed by atoms with Gasteiger partial charge >= 0.3 is 0 Å². The fourth-order valence-corrected chi connectivity index (χ4v) is 4.08. The van der Waals surface area contributed by atoms with E-state index >= 15 is 0 Å². The summed E-state index contributed by atoms with van der Waals surface area (Å²) >= 11 is 1.21. The van der Waals surface area contributed by atoms with E-state index in [2.05, 4.69) is 19.9 Å². The van der Waals surface area contributed by atoms with Crippen LogP contribution in [0, 0.1) is 5.92 Å². The van der Waals surface area contributed by atoms with Crippen molar-refractivity contribution in [1.82, 2.24) is 19.5 Å². The fourth-order valence-electron chi connectivity index (χ4n) is 3.65. The van der Waals surface area contributed by atoms with E-state index in [9.17, 15) is 4.79 Å². The van der Waals surface area contributed by atoms with Gasteiger partial charge in [0, 0.05) is 36.8 Å². The lowest BCUT2D eigenvalue weighted by Crippen LogP contribution is -2.53. The van der Waals surface area contributed by atoms with Crippen LogP contribution in [0.2, 0.25) is 0 Å². The van der Waals surface area contributed by atoms with Crippen molar-refractivity contribution in [3.8, 4) is 0 Å². The Kier molecular flexibility index (Phi) is 4.40. The number of pyridine rings is 1. The van der Waals surface area contributed by atoms with Gasteiger partial charge in [0.1, 0.15) is 0 Å². The molecule has 8 heteroatoms. The first-order valence-corrected chi connectivity index (χ1v) is 9.00. The summed E-state index contributed by atoms with van der Waals surface area (Å²) in [7, 11) is 0. The number of carbonyl (C=O) groups is 1. The molecule has 1 saturated heterocycles. The Morgan fingerprint density at radius 3 is 3.21 bits per heavy atom. The predicted molar refractivity (Wildman–Crippen MR) is 89.9 cm³/mol. The molecule has 24 heavy (non-hydrogen) atoms. The van der Waals surface area contributed by atoms with Gasteiger partial charge in [0.15, 0.2) is 5.69 Å². The molecule has 2 aromatic rings. The third-order valence-electron chi connectivity index (χ3n) is 4.79.